The third-order valence-corrected chi connectivity index (χ3v) is 5.19. The summed E-state index contributed by atoms with van der Waals surface area (Å²) in [5.74, 6) is 0.272. The molecule has 0 amide bonds. The largest absolute Gasteiger partial charge is 0.469 e. The fourth-order valence-corrected chi connectivity index (χ4v) is 2.60. The van der Waals surface area contributed by atoms with E-state index in [2.05, 4.69) is 38.5 Å². The topological polar surface area (TPSA) is 26.3 Å². The van der Waals surface area contributed by atoms with Crippen LogP contribution in [0, 0.1) is 9.49 Å². The number of hydrogen-bond acceptors (Lipinski definition) is 2. The maximum Gasteiger partial charge on any atom is 0.313 e. The van der Waals surface area contributed by atoms with Crippen LogP contribution < -0.4 is 0 Å². The fourth-order valence-electron chi connectivity index (χ4n) is 1.86. The van der Waals surface area contributed by atoms with Gasteiger partial charge in [0.25, 0.3) is 0 Å². The summed E-state index contributed by atoms with van der Waals surface area (Å²) in [7, 11) is 1.46. The van der Waals surface area contributed by atoms with E-state index in [1.807, 2.05) is 18.2 Å². The first kappa shape index (κ1) is 12.4. The second-order valence-electron chi connectivity index (χ2n) is 4.01. The quantitative estimate of drug-likeness (QED) is 0.576. The summed E-state index contributed by atoms with van der Waals surface area (Å²) in [4.78, 5) is 11.8. The standard InChI is InChI=1S/C12H12BrIO2/c1-16-12(15)11(7-2-3-7)8-4-5-10(14)9(13)6-8/h4-7,11H,2-3H2,1H3. The molecule has 2 rings (SSSR count). The van der Waals surface area contributed by atoms with Gasteiger partial charge in [-0.3, -0.25) is 4.79 Å². The van der Waals surface area contributed by atoms with E-state index >= 15 is 0 Å². The molecule has 2 nitrogen and oxygen atoms in total. The number of rotatable bonds is 3. The van der Waals surface area contributed by atoms with E-state index in [-0.39, 0.29) is 11.9 Å². The fraction of sp³-hybridized carbons (Fsp3) is 0.417. The van der Waals surface area contributed by atoms with Crippen LogP contribution in [0.25, 0.3) is 0 Å². The molecule has 16 heavy (non-hydrogen) atoms. The van der Waals surface area contributed by atoms with Crippen molar-refractivity contribution in [2.75, 3.05) is 7.11 Å². The normalized spacial score (nSPS) is 16.9. The lowest BCUT2D eigenvalue weighted by Gasteiger charge is -2.14. The molecule has 0 N–H and O–H groups in total. The van der Waals surface area contributed by atoms with E-state index in [4.69, 9.17) is 4.74 Å². The SMILES string of the molecule is COC(=O)C(c1ccc(I)c(Br)c1)C1CC1. The Morgan fingerprint density at radius 1 is 1.56 bits per heavy atom. The molecule has 1 atom stereocenters. The molecule has 0 spiro atoms. The highest BCUT2D eigenvalue weighted by Gasteiger charge is 2.38. The Morgan fingerprint density at radius 3 is 2.75 bits per heavy atom. The number of benzene rings is 1. The van der Waals surface area contributed by atoms with E-state index in [1.165, 1.54) is 7.11 Å². The van der Waals surface area contributed by atoms with Crippen molar-refractivity contribution in [3.05, 3.63) is 31.8 Å². The Hall–Kier alpha value is -0.100. The van der Waals surface area contributed by atoms with Crippen molar-refractivity contribution >= 4 is 44.5 Å². The van der Waals surface area contributed by atoms with Gasteiger partial charge in [-0.15, -0.1) is 0 Å². The highest BCUT2D eigenvalue weighted by atomic mass is 127. The third-order valence-electron chi connectivity index (χ3n) is 2.85. The number of hydrogen-bond donors (Lipinski definition) is 0. The Morgan fingerprint density at radius 2 is 2.25 bits per heavy atom. The third kappa shape index (κ3) is 2.59. The molecule has 0 bridgehead atoms. The summed E-state index contributed by atoms with van der Waals surface area (Å²) in [6, 6.07) is 6.08. The van der Waals surface area contributed by atoms with Crippen molar-refractivity contribution in [1.82, 2.24) is 0 Å². The molecule has 1 aromatic rings. The van der Waals surface area contributed by atoms with Gasteiger partial charge in [-0.05, 0) is 75.0 Å². The van der Waals surface area contributed by atoms with Crippen molar-refractivity contribution in [2.45, 2.75) is 18.8 Å². The minimum atomic E-state index is -0.115. The van der Waals surface area contributed by atoms with Crippen molar-refractivity contribution in [1.29, 1.82) is 0 Å². The lowest BCUT2D eigenvalue weighted by Crippen LogP contribution is -2.16. The predicted octanol–water partition coefficient (Wildman–Crippen LogP) is 3.72. The monoisotopic (exact) mass is 394 g/mol. The van der Waals surface area contributed by atoms with E-state index in [0.717, 1.165) is 26.4 Å². The zero-order chi connectivity index (χ0) is 11.7. The molecular formula is C12H12BrIO2. The number of methoxy groups -OCH3 is 1. The highest BCUT2D eigenvalue weighted by Crippen LogP contribution is 2.43. The van der Waals surface area contributed by atoms with Crippen LogP contribution in [-0.4, -0.2) is 13.1 Å². The van der Waals surface area contributed by atoms with Gasteiger partial charge in [0.15, 0.2) is 0 Å². The van der Waals surface area contributed by atoms with Gasteiger partial charge < -0.3 is 4.74 Å². The molecule has 1 aliphatic rings. The van der Waals surface area contributed by atoms with Crippen LogP contribution >= 0.6 is 38.5 Å². The Balaban J connectivity index is 2.31. The van der Waals surface area contributed by atoms with Gasteiger partial charge in [0.1, 0.15) is 0 Å². The molecular weight excluding hydrogens is 383 g/mol. The van der Waals surface area contributed by atoms with Gasteiger partial charge in [0, 0.05) is 8.04 Å². The maximum absolute atomic E-state index is 11.8. The van der Waals surface area contributed by atoms with Crippen molar-refractivity contribution in [3.63, 3.8) is 0 Å². The molecule has 0 heterocycles. The lowest BCUT2D eigenvalue weighted by molar-refractivity contribution is -0.143. The smallest absolute Gasteiger partial charge is 0.313 e. The summed E-state index contributed by atoms with van der Waals surface area (Å²) in [6.45, 7) is 0. The van der Waals surface area contributed by atoms with Gasteiger partial charge in [0.2, 0.25) is 0 Å². The molecule has 0 saturated heterocycles. The lowest BCUT2D eigenvalue weighted by atomic mass is 9.94. The van der Waals surface area contributed by atoms with E-state index in [9.17, 15) is 4.79 Å². The van der Waals surface area contributed by atoms with Crippen LogP contribution in [0.3, 0.4) is 0 Å². The number of carbonyl (C=O) groups excluding carboxylic acids is 1. The molecule has 4 heteroatoms. The number of esters is 1. The maximum atomic E-state index is 11.8. The number of ether oxygens (including phenoxy) is 1. The van der Waals surface area contributed by atoms with Gasteiger partial charge in [-0.25, -0.2) is 0 Å². The molecule has 0 aromatic heterocycles. The van der Waals surface area contributed by atoms with Gasteiger partial charge >= 0.3 is 5.97 Å². The van der Waals surface area contributed by atoms with E-state index in [1.54, 1.807) is 0 Å². The first-order chi connectivity index (χ1) is 7.63. The van der Waals surface area contributed by atoms with Crippen LogP contribution in [0.4, 0.5) is 0 Å². The molecule has 0 aliphatic heterocycles. The Kier molecular flexibility index (Phi) is 3.89. The molecule has 86 valence electrons. The average Bonchev–Trinajstić information content (AvgIpc) is 3.07. The summed E-state index contributed by atoms with van der Waals surface area (Å²) in [6.07, 6.45) is 2.26. The minimum absolute atomic E-state index is 0.0849. The summed E-state index contributed by atoms with van der Waals surface area (Å²) in [5.41, 5.74) is 1.06. The minimum Gasteiger partial charge on any atom is -0.469 e. The highest BCUT2D eigenvalue weighted by molar-refractivity contribution is 14.1. The number of carbonyl (C=O) groups is 1. The first-order valence-corrected chi connectivity index (χ1v) is 7.03. The van der Waals surface area contributed by atoms with Crippen LogP contribution in [0.2, 0.25) is 0 Å². The van der Waals surface area contributed by atoms with Gasteiger partial charge in [0.05, 0.1) is 13.0 Å². The van der Waals surface area contributed by atoms with Gasteiger partial charge in [-0.1, -0.05) is 6.07 Å². The molecule has 1 saturated carbocycles. The summed E-state index contributed by atoms with van der Waals surface area (Å²) >= 11 is 5.76. The van der Waals surface area contributed by atoms with Crippen LogP contribution in [-0.2, 0) is 9.53 Å². The number of halogens is 2. The van der Waals surface area contributed by atoms with Crippen molar-refractivity contribution in [3.8, 4) is 0 Å². The van der Waals surface area contributed by atoms with Crippen LogP contribution in [0.15, 0.2) is 22.7 Å². The molecule has 1 unspecified atom stereocenters. The van der Waals surface area contributed by atoms with Gasteiger partial charge in [-0.2, -0.15) is 0 Å². The van der Waals surface area contributed by atoms with E-state index in [0.29, 0.717) is 5.92 Å². The zero-order valence-corrected chi connectivity index (χ0v) is 12.6. The van der Waals surface area contributed by atoms with Crippen molar-refractivity contribution < 1.29 is 9.53 Å². The second kappa shape index (κ2) is 5.04. The summed E-state index contributed by atoms with van der Waals surface area (Å²) < 4.78 is 7.08. The summed E-state index contributed by atoms with van der Waals surface area (Å²) in [5, 5.41) is 0. The molecule has 1 fully saturated rings. The van der Waals surface area contributed by atoms with E-state index < -0.39 is 0 Å². The predicted molar refractivity (Wildman–Crippen MR) is 74.3 cm³/mol. The second-order valence-corrected chi connectivity index (χ2v) is 6.03. The first-order valence-electron chi connectivity index (χ1n) is 5.16. The van der Waals surface area contributed by atoms with Crippen LogP contribution in [0.5, 0.6) is 0 Å². The zero-order valence-electron chi connectivity index (χ0n) is 8.87. The van der Waals surface area contributed by atoms with Crippen molar-refractivity contribution in [2.24, 2.45) is 5.92 Å². The Labute approximate surface area is 117 Å². The Bertz CT molecular complexity index is 415. The molecule has 1 aromatic carbocycles. The molecule has 0 radical (unpaired) electrons. The van der Waals surface area contributed by atoms with Crippen LogP contribution in [0.1, 0.15) is 24.3 Å². The molecule has 1 aliphatic carbocycles. The average molecular weight is 395 g/mol.